The lowest BCUT2D eigenvalue weighted by molar-refractivity contribution is -0.137. The van der Waals surface area contributed by atoms with Crippen LogP contribution in [0.25, 0.3) is 16.7 Å². The highest BCUT2D eigenvalue weighted by Gasteiger charge is 2.30. The SMILES string of the molecule is Cn1ncc2nn(-c3cccc(C(F)(F)F)c3)c(=O)cc21. The summed E-state index contributed by atoms with van der Waals surface area (Å²) in [5.41, 5.74) is -0.358. The normalized spacial score (nSPS) is 12.0. The first-order chi connectivity index (χ1) is 9.86. The van der Waals surface area contributed by atoms with Crippen LogP contribution in [0.5, 0.6) is 0 Å². The molecule has 0 saturated carbocycles. The van der Waals surface area contributed by atoms with Gasteiger partial charge in [-0.25, -0.2) is 0 Å². The van der Waals surface area contributed by atoms with Crippen LogP contribution < -0.4 is 5.56 Å². The molecular weight excluding hydrogens is 285 g/mol. The van der Waals surface area contributed by atoms with Crippen molar-refractivity contribution in [3.05, 3.63) is 52.4 Å². The number of alkyl halides is 3. The van der Waals surface area contributed by atoms with Gasteiger partial charge in [-0.1, -0.05) is 6.07 Å². The number of rotatable bonds is 1. The molecule has 2 aromatic heterocycles. The first kappa shape index (κ1) is 13.3. The number of hydrogen-bond acceptors (Lipinski definition) is 3. The van der Waals surface area contributed by atoms with Crippen molar-refractivity contribution >= 4 is 11.0 Å². The van der Waals surface area contributed by atoms with Gasteiger partial charge in [-0.15, -0.1) is 0 Å². The quantitative estimate of drug-likeness (QED) is 0.691. The Balaban J connectivity index is 2.21. The molecule has 0 saturated heterocycles. The Bertz CT molecular complexity index is 879. The average Bonchev–Trinajstić information content (AvgIpc) is 2.78. The molecule has 8 heteroatoms. The van der Waals surface area contributed by atoms with E-state index in [1.165, 1.54) is 29.1 Å². The van der Waals surface area contributed by atoms with E-state index in [9.17, 15) is 18.0 Å². The minimum atomic E-state index is -4.47. The van der Waals surface area contributed by atoms with E-state index in [0.717, 1.165) is 16.8 Å². The Labute approximate surface area is 116 Å². The molecule has 0 fully saturated rings. The molecular formula is C13H9F3N4O. The zero-order valence-corrected chi connectivity index (χ0v) is 10.8. The lowest BCUT2D eigenvalue weighted by atomic mass is 10.2. The summed E-state index contributed by atoms with van der Waals surface area (Å²) in [7, 11) is 1.65. The summed E-state index contributed by atoms with van der Waals surface area (Å²) >= 11 is 0. The molecule has 0 aliphatic rings. The van der Waals surface area contributed by atoms with Gasteiger partial charge < -0.3 is 0 Å². The molecule has 0 radical (unpaired) electrons. The lowest BCUT2D eigenvalue weighted by Gasteiger charge is -2.09. The molecule has 0 spiro atoms. The number of aryl methyl sites for hydroxylation is 1. The number of hydrogen-bond donors (Lipinski definition) is 0. The van der Waals surface area contributed by atoms with Crippen molar-refractivity contribution in [2.75, 3.05) is 0 Å². The first-order valence-electron chi connectivity index (χ1n) is 5.96. The van der Waals surface area contributed by atoms with Crippen molar-refractivity contribution in [3.63, 3.8) is 0 Å². The van der Waals surface area contributed by atoms with Gasteiger partial charge in [0.25, 0.3) is 5.56 Å². The third-order valence-electron chi connectivity index (χ3n) is 3.06. The maximum Gasteiger partial charge on any atom is 0.416 e. The van der Waals surface area contributed by atoms with Gasteiger partial charge in [0.1, 0.15) is 5.52 Å². The molecule has 21 heavy (non-hydrogen) atoms. The summed E-state index contributed by atoms with van der Waals surface area (Å²) < 4.78 is 40.6. The molecule has 0 amide bonds. The molecule has 0 aliphatic carbocycles. The predicted molar refractivity (Wildman–Crippen MR) is 69.1 cm³/mol. The molecule has 2 heterocycles. The Morgan fingerprint density at radius 1 is 1.19 bits per heavy atom. The first-order valence-corrected chi connectivity index (χ1v) is 5.96. The van der Waals surface area contributed by atoms with Crippen LogP contribution in [0, 0.1) is 0 Å². The number of aromatic nitrogens is 4. The third-order valence-corrected chi connectivity index (χ3v) is 3.06. The number of nitrogens with zero attached hydrogens (tertiary/aromatic N) is 4. The van der Waals surface area contributed by atoms with Crippen LogP contribution in [0.2, 0.25) is 0 Å². The maximum absolute atomic E-state index is 12.7. The van der Waals surface area contributed by atoms with Gasteiger partial charge >= 0.3 is 6.18 Å². The molecule has 0 bridgehead atoms. The molecule has 0 aliphatic heterocycles. The molecule has 0 unspecified atom stereocenters. The van der Waals surface area contributed by atoms with Crippen molar-refractivity contribution in [3.8, 4) is 5.69 Å². The van der Waals surface area contributed by atoms with Crippen LogP contribution in [0.1, 0.15) is 5.56 Å². The predicted octanol–water partition coefficient (Wildman–Crippen LogP) is 2.14. The number of fused-ring (bicyclic) bond motifs is 1. The lowest BCUT2D eigenvalue weighted by Crippen LogP contribution is -2.20. The second-order valence-electron chi connectivity index (χ2n) is 4.48. The summed E-state index contributed by atoms with van der Waals surface area (Å²) in [4.78, 5) is 12.0. The number of halogens is 3. The minimum absolute atomic E-state index is 0.0561. The molecule has 3 rings (SSSR count). The largest absolute Gasteiger partial charge is 0.416 e. The Kier molecular flexibility index (Phi) is 2.82. The Morgan fingerprint density at radius 3 is 2.67 bits per heavy atom. The Hall–Kier alpha value is -2.64. The molecule has 3 aromatic rings. The summed E-state index contributed by atoms with van der Waals surface area (Å²) in [5, 5.41) is 7.99. The van der Waals surface area contributed by atoms with Crippen molar-refractivity contribution in [2.24, 2.45) is 7.05 Å². The molecule has 1 aromatic carbocycles. The zero-order chi connectivity index (χ0) is 15.2. The topological polar surface area (TPSA) is 52.7 Å². The van der Waals surface area contributed by atoms with Crippen molar-refractivity contribution in [1.29, 1.82) is 0 Å². The molecule has 0 N–H and O–H groups in total. The van der Waals surface area contributed by atoms with Gasteiger partial charge in [0, 0.05) is 13.1 Å². The standard InChI is InChI=1S/C13H9F3N4O/c1-19-11-6-12(21)20(18-10(11)7-17-19)9-4-2-3-8(5-9)13(14,15)16/h2-7H,1H3. The Morgan fingerprint density at radius 2 is 1.95 bits per heavy atom. The highest BCUT2D eigenvalue weighted by molar-refractivity contribution is 5.73. The monoisotopic (exact) mass is 294 g/mol. The van der Waals surface area contributed by atoms with E-state index in [4.69, 9.17) is 0 Å². The molecule has 108 valence electrons. The van der Waals surface area contributed by atoms with E-state index in [0.29, 0.717) is 11.0 Å². The summed E-state index contributed by atoms with van der Waals surface area (Å²) in [5.74, 6) is 0. The van der Waals surface area contributed by atoms with Gasteiger partial charge in [0.15, 0.2) is 0 Å². The van der Waals surface area contributed by atoms with Crippen LogP contribution in [0.4, 0.5) is 13.2 Å². The van der Waals surface area contributed by atoms with Gasteiger partial charge in [-0.3, -0.25) is 9.48 Å². The van der Waals surface area contributed by atoms with Gasteiger partial charge in [0.05, 0.1) is 23.0 Å². The van der Waals surface area contributed by atoms with Gasteiger partial charge in [0.2, 0.25) is 0 Å². The van der Waals surface area contributed by atoms with Crippen LogP contribution in [-0.2, 0) is 13.2 Å². The minimum Gasteiger partial charge on any atom is -0.267 e. The summed E-state index contributed by atoms with van der Waals surface area (Å²) in [6, 6.07) is 5.74. The van der Waals surface area contributed by atoms with Crippen molar-refractivity contribution < 1.29 is 13.2 Å². The van der Waals surface area contributed by atoms with E-state index < -0.39 is 17.3 Å². The van der Waals surface area contributed by atoms with E-state index >= 15 is 0 Å². The van der Waals surface area contributed by atoms with E-state index in [1.54, 1.807) is 7.05 Å². The van der Waals surface area contributed by atoms with Crippen LogP contribution in [0.15, 0.2) is 41.3 Å². The second kappa shape index (κ2) is 4.44. The molecule has 0 atom stereocenters. The summed E-state index contributed by atoms with van der Waals surface area (Å²) in [6.45, 7) is 0. The maximum atomic E-state index is 12.7. The van der Waals surface area contributed by atoms with Gasteiger partial charge in [-0.05, 0) is 18.2 Å². The van der Waals surface area contributed by atoms with Crippen LogP contribution >= 0.6 is 0 Å². The van der Waals surface area contributed by atoms with E-state index in [1.807, 2.05) is 0 Å². The van der Waals surface area contributed by atoms with Crippen LogP contribution in [0.3, 0.4) is 0 Å². The zero-order valence-electron chi connectivity index (χ0n) is 10.8. The smallest absolute Gasteiger partial charge is 0.267 e. The van der Waals surface area contributed by atoms with Crippen LogP contribution in [-0.4, -0.2) is 19.6 Å². The summed E-state index contributed by atoms with van der Waals surface area (Å²) in [6.07, 6.45) is -3.03. The second-order valence-corrected chi connectivity index (χ2v) is 4.48. The van der Waals surface area contributed by atoms with Gasteiger partial charge in [-0.2, -0.15) is 28.1 Å². The average molecular weight is 294 g/mol. The van der Waals surface area contributed by atoms with E-state index in [2.05, 4.69) is 10.2 Å². The molecule has 5 nitrogen and oxygen atoms in total. The van der Waals surface area contributed by atoms with Crippen molar-refractivity contribution in [1.82, 2.24) is 19.6 Å². The fourth-order valence-corrected chi connectivity index (χ4v) is 2.01. The number of benzene rings is 1. The van der Waals surface area contributed by atoms with E-state index in [-0.39, 0.29) is 5.69 Å². The highest BCUT2D eigenvalue weighted by Crippen LogP contribution is 2.30. The third kappa shape index (κ3) is 2.28. The fraction of sp³-hybridized carbons (Fsp3) is 0.154. The fourth-order valence-electron chi connectivity index (χ4n) is 2.01. The highest BCUT2D eigenvalue weighted by atomic mass is 19.4. The van der Waals surface area contributed by atoms with Crippen molar-refractivity contribution in [2.45, 2.75) is 6.18 Å².